The molecule has 0 spiro atoms. The van der Waals surface area contributed by atoms with Crippen molar-refractivity contribution in [2.24, 2.45) is 0 Å². The van der Waals surface area contributed by atoms with Crippen molar-refractivity contribution in [1.82, 2.24) is 20.5 Å². The minimum Gasteiger partial charge on any atom is -0.312 e. The summed E-state index contributed by atoms with van der Waals surface area (Å²) in [5.74, 6) is 0.628. The van der Waals surface area contributed by atoms with Crippen LogP contribution in [0.1, 0.15) is 11.1 Å². The van der Waals surface area contributed by atoms with Crippen LogP contribution in [0.15, 0.2) is 23.0 Å². The number of aromatic nitrogens is 3. The Labute approximate surface area is 91.9 Å². The molecule has 0 saturated carbocycles. The standard InChI is InChI=1S/C11H12N4O/c16-11-13-10(14-15-11)9-3-1-2-7-6-12-5-4-8(7)9/h1-3,12H,4-6H2,(H2,13,14,15,16). The Balaban J connectivity index is 2.17. The van der Waals surface area contributed by atoms with Crippen LogP contribution in [0.5, 0.6) is 0 Å². The van der Waals surface area contributed by atoms with Gasteiger partial charge in [-0.2, -0.15) is 5.10 Å². The van der Waals surface area contributed by atoms with Crippen LogP contribution in [-0.4, -0.2) is 21.7 Å². The van der Waals surface area contributed by atoms with E-state index in [9.17, 15) is 4.79 Å². The third-order valence-electron chi connectivity index (χ3n) is 2.90. The van der Waals surface area contributed by atoms with Gasteiger partial charge in [-0.25, -0.2) is 9.89 Å². The summed E-state index contributed by atoms with van der Waals surface area (Å²) in [6, 6.07) is 6.10. The first-order valence-electron chi connectivity index (χ1n) is 5.31. The van der Waals surface area contributed by atoms with Gasteiger partial charge in [-0.3, -0.25) is 4.98 Å². The van der Waals surface area contributed by atoms with E-state index in [1.54, 1.807) is 0 Å². The van der Waals surface area contributed by atoms with Gasteiger partial charge < -0.3 is 5.32 Å². The molecule has 16 heavy (non-hydrogen) atoms. The summed E-state index contributed by atoms with van der Waals surface area (Å²) in [6.45, 7) is 1.86. The average molecular weight is 216 g/mol. The molecule has 1 aromatic heterocycles. The number of rotatable bonds is 1. The summed E-state index contributed by atoms with van der Waals surface area (Å²) in [5.41, 5.74) is 3.33. The smallest absolute Gasteiger partial charge is 0.312 e. The molecule has 0 fully saturated rings. The fourth-order valence-corrected chi connectivity index (χ4v) is 2.15. The third-order valence-corrected chi connectivity index (χ3v) is 2.90. The zero-order valence-electron chi connectivity index (χ0n) is 8.71. The Kier molecular flexibility index (Phi) is 2.11. The molecule has 0 atom stereocenters. The first kappa shape index (κ1) is 9.35. The molecule has 0 unspecified atom stereocenters. The summed E-state index contributed by atoms with van der Waals surface area (Å²) in [5, 5.41) is 9.70. The van der Waals surface area contributed by atoms with E-state index in [1.807, 2.05) is 12.1 Å². The van der Waals surface area contributed by atoms with Crippen LogP contribution >= 0.6 is 0 Å². The molecule has 2 heterocycles. The first-order valence-corrected chi connectivity index (χ1v) is 5.31. The molecule has 3 rings (SSSR count). The highest BCUT2D eigenvalue weighted by molar-refractivity contribution is 5.62. The van der Waals surface area contributed by atoms with Crippen molar-refractivity contribution in [3.8, 4) is 11.4 Å². The molecule has 5 heteroatoms. The van der Waals surface area contributed by atoms with E-state index in [4.69, 9.17) is 0 Å². The predicted molar refractivity (Wildman–Crippen MR) is 60.1 cm³/mol. The molecule has 82 valence electrons. The molecule has 0 radical (unpaired) electrons. The SMILES string of the molecule is O=c1[nH]nc(-c2cccc3c2CCNC3)[nH]1. The van der Waals surface area contributed by atoms with Gasteiger partial charge in [0.15, 0.2) is 5.82 Å². The van der Waals surface area contributed by atoms with Crippen molar-refractivity contribution in [2.45, 2.75) is 13.0 Å². The Morgan fingerprint density at radius 1 is 1.31 bits per heavy atom. The Hall–Kier alpha value is -1.88. The molecule has 2 aromatic rings. The lowest BCUT2D eigenvalue weighted by Gasteiger charge is -2.19. The second-order valence-corrected chi connectivity index (χ2v) is 3.90. The fraction of sp³-hybridized carbons (Fsp3) is 0.273. The lowest BCUT2D eigenvalue weighted by molar-refractivity contribution is 0.644. The quantitative estimate of drug-likeness (QED) is 0.646. The van der Waals surface area contributed by atoms with Crippen LogP contribution in [-0.2, 0) is 13.0 Å². The summed E-state index contributed by atoms with van der Waals surface area (Å²) in [4.78, 5) is 13.7. The Morgan fingerprint density at radius 2 is 2.25 bits per heavy atom. The molecule has 0 saturated heterocycles. The van der Waals surface area contributed by atoms with E-state index >= 15 is 0 Å². The van der Waals surface area contributed by atoms with E-state index in [0.29, 0.717) is 5.82 Å². The van der Waals surface area contributed by atoms with E-state index in [1.165, 1.54) is 11.1 Å². The highest BCUT2D eigenvalue weighted by Gasteiger charge is 2.15. The largest absolute Gasteiger partial charge is 0.340 e. The van der Waals surface area contributed by atoms with Crippen LogP contribution in [0, 0.1) is 0 Å². The normalized spacial score (nSPS) is 14.8. The summed E-state index contributed by atoms with van der Waals surface area (Å²) in [7, 11) is 0. The van der Waals surface area contributed by atoms with Crippen LogP contribution in [0.3, 0.4) is 0 Å². The van der Waals surface area contributed by atoms with Crippen LogP contribution < -0.4 is 11.0 Å². The molecular formula is C11H12N4O. The van der Waals surface area contributed by atoms with Gasteiger partial charge in [-0.1, -0.05) is 18.2 Å². The van der Waals surface area contributed by atoms with Gasteiger partial charge in [0.05, 0.1) is 0 Å². The number of fused-ring (bicyclic) bond motifs is 1. The zero-order chi connectivity index (χ0) is 11.0. The van der Waals surface area contributed by atoms with Crippen molar-refractivity contribution in [1.29, 1.82) is 0 Å². The summed E-state index contributed by atoms with van der Waals surface area (Å²) < 4.78 is 0. The van der Waals surface area contributed by atoms with Crippen molar-refractivity contribution in [3.63, 3.8) is 0 Å². The fourth-order valence-electron chi connectivity index (χ4n) is 2.15. The van der Waals surface area contributed by atoms with Gasteiger partial charge in [-0.05, 0) is 24.1 Å². The van der Waals surface area contributed by atoms with Gasteiger partial charge in [0, 0.05) is 12.1 Å². The minimum absolute atomic E-state index is 0.262. The van der Waals surface area contributed by atoms with Gasteiger partial charge in [0.2, 0.25) is 0 Å². The molecule has 0 aliphatic carbocycles. The van der Waals surface area contributed by atoms with Crippen molar-refractivity contribution in [3.05, 3.63) is 39.8 Å². The topological polar surface area (TPSA) is 73.6 Å². The van der Waals surface area contributed by atoms with Gasteiger partial charge in [0.1, 0.15) is 0 Å². The third kappa shape index (κ3) is 1.45. The summed E-state index contributed by atoms with van der Waals surface area (Å²) >= 11 is 0. The van der Waals surface area contributed by atoms with E-state index in [2.05, 4.69) is 26.6 Å². The molecule has 0 amide bonds. The van der Waals surface area contributed by atoms with Crippen LogP contribution in [0.2, 0.25) is 0 Å². The molecule has 1 aliphatic heterocycles. The molecule has 3 N–H and O–H groups in total. The van der Waals surface area contributed by atoms with E-state index in [-0.39, 0.29) is 5.69 Å². The first-order chi connectivity index (χ1) is 7.84. The number of hydrogen-bond acceptors (Lipinski definition) is 3. The highest BCUT2D eigenvalue weighted by Crippen LogP contribution is 2.24. The number of nitrogens with one attached hydrogen (secondary N) is 3. The van der Waals surface area contributed by atoms with E-state index in [0.717, 1.165) is 25.1 Å². The number of H-pyrrole nitrogens is 2. The molecule has 1 aromatic carbocycles. The summed E-state index contributed by atoms with van der Waals surface area (Å²) in [6.07, 6.45) is 0.973. The zero-order valence-corrected chi connectivity index (χ0v) is 8.71. The second kappa shape index (κ2) is 3.61. The number of benzene rings is 1. The maximum absolute atomic E-state index is 11.0. The van der Waals surface area contributed by atoms with Crippen molar-refractivity contribution in [2.75, 3.05) is 6.54 Å². The maximum atomic E-state index is 11.0. The number of nitrogens with zero attached hydrogens (tertiary/aromatic N) is 1. The van der Waals surface area contributed by atoms with Gasteiger partial charge in [-0.15, -0.1) is 0 Å². The average Bonchev–Trinajstić information content (AvgIpc) is 2.75. The number of aromatic amines is 2. The molecular weight excluding hydrogens is 204 g/mol. The van der Waals surface area contributed by atoms with Crippen molar-refractivity contribution >= 4 is 0 Å². The van der Waals surface area contributed by atoms with Crippen molar-refractivity contribution < 1.29 is 0 Å². The Morgan fingerprint density at radius 3 is 3.06 bits per heavy atom. The lowest BCUT2D eigenvalue weighted by Crippen LogP contribution is -2.24. The number of hydrogen-bond donors (Lipinski definition) is 3. The second-order valence-electron chi connectivity index (χ2n) is 3.90. The van der Waals surface area contributed by atoms with Gasteiger partial charge in [0.25, 0.3) is 0 Å². The molecule has 5 nitrogen and oxygen atoms in total. The monoisotopic (exact) mass is 216 g/mol. The van der Waals surface area contributed by atoms with Crippen LogP contribution in [0.4, 0.5) is 0 Å². The predicted octanol–water partition coefficient (Wildman–Crippen LogP) is 0.411. The van der Waals surface area contributed by atoms with E-state index < -0.39 is 0 Å². The molecule has 0 bridgehead atoms. The molecule has 1 aliphatic rings. The van der Waals surface area contributed by atoms with Crippen LogP contribution in [0.25, 0.3) is 11.4 Å². The highest BCUT2D eigenvalue weighted by atomic mass is 16.1. The lowest BCUT2D eigenvalue weighted by atomic mass is 9.95. The Bertz CT molecular complexity index is 569. The van der Waals surface area contributed by atoms with Gasteiger partial charge >= 0.3 is 5.69 Å². The maximum Gasteiger partial charge on any atom is 0.340 e. The minimum atomic E-state index is -0.262.